The van der Waals surface area contributed by atoms with E-state index in [2.05, 4.69) is 178 Å². The number of piperidine rings is 2. The molecule has 483 valence electrons. The van der Waals surface area contributed by atoms with E-state index in [1.165, 1.54) is 60.2 Å². The lowest BCUT2D eigenvalue weighted by Crippen LogP contribution is -2.42. The number of fused-ring (bicyclic) bond motifs is 2. The van der Waals surface area contributed by atoms with Crippen LogP contribution in [-0.2, 0) is 31.2 Å². The van der Waals surface area contributed by atoms with E-state index in [1.807, 2.05) is 28.2 Å². The van der Waals surface area contributed by atoms with E-state index in [0.29, 0.717) is 83.2 Å². The van der Waals surface area contributed by atoms with Gasteiger partial charge >= 0.3 is 0 Å². The first-order valence-electron chi connectivity index (χ1n) is 29.8. The van der Waals surface area contributed by atoms with Crippen molar-refractivity contribution in [1.29, 1.82) is 0 Å². The third kappa shape index (κ3) is 20.8. The van der Waals surface area contributed by atoms with Gasteiger partial charge in [-0.15, -0.1) is 0 Å². The topological polar surface area (TPSA) is 253 Å². The molecule has 0 atom stereocenters. The molecule has 0 saturated carbocycles. The van der Waals surface area contributed by atoms with Gasteiger partial charge in [0.2, 0.25) is 11.2 Å². The third-order valence-corrected chi connectivity index (χ3v) is 18.6. The molecule has 0 amide bonds. The van der Waals surface area contributed by atoms with E-state index in [1.54, 1.807) is 49.1 Å². The van der Waals surface area contributed by atoms with Gasteiger partial charge in [0.05, 0.1) is 65.3 Å². The van der Waals surface area contributed by atoms with Crippen LogP contribution in [0.4, 0.5) is 63.1 Å². The van der Waals surface area contributed by atoms with E-state index < -0.39 is 32.4 Å². The van der Waals surface area contributed by atoms with Crippen molar-refractivity contribution in [3.8, 4) is 0 Å². The number of nitrogens with one attached hydrogen (secondary N) is 3. The molecule has 0 spiro atoms. The van der Waals surface area contributed by atoms with Crippen molar-refractivity contribution in [3.05, 3.63) is 122 Å². The predicted molar refractivity (Wildman–Crippen MR) is 398 cm³/mol. The van der Waals surface area contributed by atoms with Gasteiger partial charge in [0, 0.05) is 150 Å². The number of anilines is 11. The van der Waals surface area contributed by atoms with Crippen LogP contribution in [0.2, 0.25) is 5.28 Å². The van der Waals surface area contributed by atoms with Crippen molar-refractivity contribution in [2.75, 3.05) is 136 Å². The summed E-state index contributed by atoms with van der Waals surface area (Å²) in [6.45, 7) is 8.59. The first kappa shape index (κ1) is 74.0. The zero-order valence-electron chi connectivity index (χ0n) is 54.7. The number of benzene rings is 4. The molecule has 9 radical (unpaired) electrons. The van der Waals surface area contributed by atoms with E-state index in [-0.39, 0.29) is 16.8 Å². The number of nitrogens with two attached hydrogens (primary N) is 1. The number of nitrogens with zero attached hydrogens (tertiary/aromatic N) is 14. The maximum Gasteiger partial charge on any atom is 0.229 e. The number of nitrogen functional groups attached to an aromatic ring is 1. The average Bonchev–Trinajstić information content (AvgIpc) is 0.834. The van der Waals surface area contributed by atoms with Gasteiger partial charge in [-0.3, -0.25) is 19.9 Å². The van der Waals surface area contributed by atoms with Gasteiger partial charge in [-0.2, -0.15) is 9.97 Å². The minimum atomic E-state index is -3.35. The minimum absolute atomic E-state index is 0.0749. The smallest absolute Gasteiger partial charge is 0.229 e. The highest BCUT2D eigenvalue weighted by Gasteiger charge is 2.26. The fourth-order valence-corrected chi connectivity index (χ4v) is 13.1. The summed E-state index contributed by atoms with van der Waals surface area (Å²) in [5.41, 5.74) is 19.5. The predicted octanol–water partition coefficient (Wildman–Crippen LogP) is 8.13. The average molecular weight is 1440 g/mol. The van der Waals surface area contributed by atoms with Crippen molar-refractivity contribution in [2.45, 2.75) is 63.1 Å². The number of halogens is 3. The second-order valence-electron chi connectivity index (χ2n) is 23.9. The summed E-state index contributed by atoms with van der Waals surface area (Å²) in [7, 11) is 30.0. The van der Waals surface area contributed by atoms with Gasteiger partial charge in [-0.25, -0.2) is 33.2 Å². The van der Waals surface area contributed by atoms with Crippen molar-refractivity contribution < 1.29 is 16.8 Å². The summed E-state index contributed by atoms with van der Waals surface area (Å²) in [6.07, 6.45) is 15.3. The molecule has 2 fully saturated rings. The Hall–Kier alpha value is -6.42. The molecule has 2 aliphatic rings. The Morgan fingerprint density at radius 2 is 1.01 bits per heavy atom. The van der Waals surface area contributed by atoms with Gasteiger partial charge in [-0.05, 0) is 200 Å². The molecule has 22 nitrogen and oxygen atoms in total. The Balaban J connectivity index is 0.000000206. The molecular formula is C60H77B6Br2ClN18O4S2-. The van der Waals surface area contributed by atoms with Crippen molar-refractivity contribution in [1.82, 2.24) is 49.7 Å². The molecule has 93 heavy (non-hydrogen) atoms. The van der Waals surface area contributed by atoms with Gasteiger partial charge < -0.3 is 58.8 Å². The summed E-state index contributed by atoms with van der Waals surface area (Å²) in [6, 6.07) is 17.2. The number of hydrogen-bond acceptors (Lipinski definition) is 22. The lowest BCUT2D eigenvalue weighted by molar-refractivity contribution is 0.249. The lowest BCUT2D eigenvalue weighted by Gasteiger charge is -2.37. The number of aromatic nitrogens is 8. The van der Waals surface area contributed by atoms with Gasteiger partial charge in [0.25, 0.3) is 0 Å². The Labute approximate surface area is 576 Å². The first-order valence-corrected chi connectivity index (χ1v) is 35.9. The summed E-state index contributed by atoms with van der Waals surface area (Å²) in [5.74, 6) is 0.941. The maximum absolute atomic E-state index is 12.3. The molecule has 5 N–H and O–H groups in total. The van der Waals surface area contributed by atoms with Crippen LogP contribution in [0.15, 0.2) is 94.7 Å². The van der Waals surface area contributed by atoms with E-state index in [4.69, 9.17) is 53.3 Å². The van der Waals surface area contributed by atoms with Crippen LogP contribution in [0.1, 0.15) is 47.9 Å². The molecule has 4 aromatic heterocycles. The summed E-state index contributed by atoms with van der Waals surface area (Å²) >= 11 is 12.7. The van der Waals surface area contributed by atoms with Crippen molar-refractivity contribution >= 4 is 192 Å². The summed E-state index contributed by atoms with van der Waals surface area (Å²) < 4.78 is 49.5. The molecule has 8 aromatic rings. The largest absolute Gasteiger partial charge is 0.687 e. The maximum atomic E-state index is 12.3. The van der Waals surface area contributed by atoms with Crippen molar-refractivity contribution in [3.63, 3.8) is 0 Å². The monoisotopic (exact) mass is 1440 g/mol. The molecule has 10 rings (SSSR count). The Morgan fingerprint density at radius 1 is 0.602 bits per heavy atom. The van der Waals surface area contributed by atoms with Crippen LogP contribution in [0.25, 0.3) is 22.1 Å². The number of aryl methyl sites for hydroxylation is 2. The molecule has 6 heterocycles. The van der Waals surface area contributed by atoms with Crippen LogP contribution in [-0.4, -0.2) is 217 Å². The van der Waals surface area contributed by atoms with Crippen LogP contribution >= 0.6 is 43.5 Å². The van der Waals surface area contributed by atoms with Gasteiger partial charge in [0.15, 0.2) is 19.7 Å². The van der Waals surface area contributed by atoms with E-state index in [9.17, 15) is 16.8 Å². The molecular weight excluding hydrogens is 1360 g/mol. The van der Waals surface area contributed by atoms with E-state index in [0.717, 1.165) is 61.8 Å². The fraction of sp³-hybridized carbons (Fsp3) is 0.400. The first-order chi connectivity index (χ1) is 43.8. The van der Waals surface area contributed by atoms with Crippen LogP contribution in [0.5, 0.6) is 0 Å². The van der Waals surface area contributed by atoms with Crippen LogP contribution < -0.4 is 41.3 Å². The molecule has 0 aliphatic carbocycles. The van der Waals surface area contributed by atoms with Crippen molar-refractivity contribution in [2.24, 2.45) is 0 Å². The Kier molecular flexibility index (Phi) is 26.1. The highest BCUT2D eigenvalue weighted by atomic mass is 79.9. The van der Waals surface area contributed by atoms with Crippen LogP contribution in [0.3, 0.4) is 0 Å². The number of hydrogen-bond donors (Lipinski definition) is 4. The minimum Gasteiger partial charge on any atom is -0.687 e. The Morgan fingerprint density at radius 3 is 1.43 bits per heavy atom. The zero-order chi connectivity index (χ0) is 68.2. The fourth-order valence-electron chi connectivity index (χ4n) is 10.7. The van der Waals surface area contributed by atoms with Gasteiger partial charge in [0.1, 0.15) is 11.6 Å². The number of sulfone groups is 2. The normalized spacial score (nSPS) is 13.7. The van der Waals surface area contributed by atoms with Gasteiger partial charge in [-0.1, -0.05) is 0 Å². The zero-order valence-corrected chi connectivity index (χ0v) is 60.3. The second kappa shape index (κ2) is 32.8. The summed E-state index contributed by atoms with van der Waals surface area (Å²) in [4.78, 5) is 48.3. The molecule has 2 aliphatic heterocycles. The highest BCUT2D eigenvalue weighted by molar-refractivity contribution is 9.11. The number of rotatable bonds is 17. The molecule has 4 aromatic carbocycles. The molecule has 0 unspecified atom stereocenters. The molecule has 33 heteroatoms. The molecule has 0 bridgehead atoms. The van der Waals surface area contributed by atoms with Crippen LogP contribution in [0, 0.1) is 13.8 Å². The highest BCUT2D eigenvalue weighted by Crippen LogP contribution is 2.39. The summed E-state index contributed by atoms with van der Waals surface area (Å²) in [5, 5.41) is 9.87. The third-order valence-electron chi connectivity index (χ3n) is 15.7. The lowest BCUT2D eigenvalue weighted by atomic mass is 8.81. The standard InChI is InChI=1S/C30H38BrN9O2S.C16H28N4.C14H11BrClN5O2S.B6/c1-19-15-25(27(39(4)5)16-26(19)40-13-9-20(10-14-40)38(2)3)36-30-34-17-22(31)29(37-30)35-23-7-8-24-28(33-12-11-32-24)21(23)18-43(6,41)42;1-12-10-14(17)16(19(4)5)11-15(12)20-8-6-13(7-9-20)18(2)3;1-24(22,23)7-8-10(2-3-11-12(8)18-5-4-17-11)20-13-9(15)6-19-14(16)21-13;1-5(2)6(3)4/h7-8,11-12,15-17,20H,9-10,13-14,18H2,1-6H3,(H2,34,35,36,37);10-11,13H,6-9,17H2,1-5H3;2-6H,7H2,1H3,(H,19,20,21);/q;;;-1. The van der Waals surface area contributed by atoms with E-state index >= 15 is 0 Å². The Bertz CT molecular complexity index is 4120. The quantitative estimate of drug-likeness (QED) is 0.0381. The second-order valence-corrected chi connectivity index (χ2v) is 30.3. The molecule has 2 saturated heterocycles. The SMILES string of the molecule is CS(=O)(=O)Cc1c(Nc2nc(Cl)ncc2Br)ccc2nccnc12.Cc1cc(N)c(N(C)C)cc1N1CCC(N(C)C)CC1.Cc1cc(Nc2ncc(Br)c(Nc3ccc4nccnc4c3CS(C)(=O)=O)n2)c(N(C)C)cc1N1CCC(N(C)C)CC1.[B]B([B])B([B])[B-].